The number of fused-ring (bicyclic) bond motifs is 1. The van der Waals surface area contributed by atoms with Crippen LogP contribution in [0.15, 0.2) is 18.2 Å². The fourth-order valence-corrected chi connectivity index (χ4v) is 1.80. The summed E-state index contributed by atoms with van der Waals surface area (Å²) in [5.41, 5.74) is 1.62. The molecular weight excluding hydrogens is 228 g/mol. The molecule has 0 aliphatic rings. The third kappa shape index (κ3) is 1.94. The SMILES string of the molecule is COCCn1c(C=O)nc2cc(Cl)ccc21. The van der Waals surface area contributed by atoms with Crippen LogP contribution in [0.4, 0.5) is 0 Å². The molecule has 0 amide bonds. The Balaban J connectivity index is 2.54. The first-order chi connectivity index (χ1) is 7.76. The van der Waals surface area contributed by atoms with Gasteiger partial charge in [0.05, 0.1) is 17.6 Å². The van der Waals surface area contributed by atoms with Crippen LogP contribution in [0.25, 0.3) is 11.0 Å². The molecule has 0 saturated heterocycles. The number of hydrogen-bond acceptors (Lipinski definition) is 3. The number of ether oxygens (including phenoxy) is 1. The van der Waals surface area contributed by atoms with Crippen LogP contribution in [-0.2, 0) is 11.3 Å². The van der Waals surface area contributed by atoms with Crippen molar-refractivity contribution < 1.29 is 9.53 Å². The zero-order valence-electron chi connectivity index (χ0n) is 8.81. The van der Waals surface area contributed by atoms with E-state index in [2.05, 4.69) is 4.98 Å². The summed E-state index contributed by atoms with van der Waals surface area (Å²) in [5, 5.41) is 0.612. The molecule has 1 aromatic carbocycles. The number of methoxy groups -OCH3 is 1. The van der Waals surface area contributed by atoms with E-state index in [9.17, 15) is 4.79 Å². The lowest BCUT2D eigenvalue weighted by Gasteiger charge is -2.04. The molecule has 2 rings (SSSR count). The van der Waals surface area contributed by atoms with E-state index in [0.717, 1.165) is 17.3 Å². The van der Waals surface area contributed by atoms with Gasteiger partial charge in [0.15, 0.2) is 12.1 Å². The minimum absolute atomic E-state index is 0.398. The molecule has 0 N–H and O–H groups in total. The van der Waals surface area contributed by atoms with E-state index in [1.165, 1.54) is 0 Å². The molecule has 84 valence electrons. The normalized spacial score (nSPS) is 10.9. The molecule has 2 aromatic rings. The quantitative estimate of drug-likeness (QED) is 0.767. The van der Waals surface area contributed by atoms with Crippen LogP contribution in [0.5, 0.6) is 0 Å². The number of hydrogen-bond donors (Lipinski definition) is 0. The van der Waals surface area contributed by atoms with Crippen molar-refractivity contribution in [3.63, 3.8) is 0 Å². The molecule has 16 heavy (non-hydrogen) atoms. The number of imidazole rings is 1. The van der Waals surface area contributed by atoms with Crippen LogP contribution < -0.4 is 0 Å². The van der Waals surface area contributed by atoms with Crippen LogP contribution in [0.2, 0.25) is 5.02 Å². The molecule has 0 bridgehead atoms. The van der Waals surface area contributed by atoms with Gasteiger partial charge < -0.3 is 9.30 Å². The minimum atomic E-state index is 0.398. The Hall–Kier alpha value is -1.39. The van der Waals surface area contributed by atoms with Gasteiger partial charge in [0.25, 0.3) is 0 Å². The fraction of sp³-hybridized carbons (Fsp3) is 0.273. The van der Waals surface area contributed by atoms with Gasteiger partial charge in [0, 0.05) is 18.7 Å². The van der Waals surface area contributed by atoms with E-state index in [1.54, 1.807) is 19.2 Å². The number of halogens is 1. The molecule has 0 unspecified atom stereocenters. The van der Waals surface area contributed by atoms with E-state index in [-0.39, 0.29) is 0 Å². The van der Waals surface area contributed by atoms with Gasteiger partial charge in [-0.3, -0.25) is 4.79 Å². The average Bonchev–Trinajstić information content (AvgIpc) is 2.63. The van der Waals surface area contributed by atoms with Gasteiger partial charge in [-0.25, -0.2) is 4.98 Å². The van der Waals surface area contributed by atoms with Crippen LogP contribution >= 0.6 is 11.6 Å². The smallest absolute Gasteiger partial charge is 0.185 e. The third-order valence-corrected chi connectivity index (χ3v) is 2.60. The summed E-state index contributed by atoms with van der Waals surface area (Å²) in [4.78, 5) is 15.1. The molecule has 5 heteroatoms. The summed E-state index contributed by atoms with van der Waals surface area (Å²) in [7, 11) is 1.62. The highest BCUT2D eigenvalue weighted by Gasteiger charge is 2.09. The molecule has 1 heterocycles. The zero-order chi connectivity index (χ0) is 11.5. The summed E-state index contributed by atoms with van der Waals surface area (Å²) < 4.78 is 6.82. The lowest BCUT2D eigenvalue weighted by atomic mass is 10.3. The number of benzene rings is 1. The molecule has 4 nitrogen and oxygen atoms in total. The molecule has 1 aromatic heterocycles. The van der Waals surface area contributed by atoms with Crippen LogP contribution in [0.1, 0.15) is 10.6 Å². The predicted octanol–water partition coefficient (Wildman–Crippen LogP) is 2.15. The molecule has 0 aliphatic heterocycles. The molecule has 0 aliphatic carbocycles. The Morgan fingerprint density at radius 1 is 1.56 bits per heavy atom. The molecular formula is C11H11ClN2O2. The van der Waals surface area contributed by atoms with Crippen molar-refractivity contribution in [3.8, 4) is 0 Å². The van der Waals surface area contributed by atoms with Crippen molar-refractivity contribution in [1.82, 2.24) is 9.55 Å². The highest BCUT2D eigenvalue weighted by atomic mass is 35.5. The molecule has 0 atom stereocenters. The third-order valence-electron chi connectivity index (χ3n) is 2.36. The molecule has 0 spiro atoms. The van der Waals surface area contributed by atoms with Gasteiger partial charge in [0.1, 0.15) is 0 Å². The molecule has 0 radical (unpaired) electrons. The number of aldehydes is 1. The van der Waals surface area contributed by atoms with Gasteiger partial charge in [-0.2, -0.15) is 0 Å². The topological polar surface area (TPSA) is 44.1 Å². The zero-order valence-corrected chi connectivity index (χ0v) is 9.57. The first kappa shape index (κ1) is 11.1. The first-order valence-corrected chi connectivity index (χ1v) is 5.24. The van der Waals surface area contributed by atoms with Gasteiger partial charge in [0.2, 0.25) is 0 Å². The maximum absolute atomic E-state index is 10.9. The Bertz CT molecular complexity index is 522. The van der Waals surface area contributed by atoms with Crippen molar-refractivity contribution in [1.29, 1.82) is 0 Å². The molecule has 0 saturated carbocycles. The number of carbonyl (C=O) groups is 1. The van der Waals surface area contributed by atoms with Gasteiger partial charge in [-0.1, -0.05) is 11.6 Å². The van der Waals surface area contributed by atoms with Crippen molar-refractivity contribution in [3.05, 3.63) is 29.0 Å². The summed E-state index contributed by atoms with van der Waals surface area (Å²) in [6.07, 6.45) is 0.740. The second kappa shape index (κ2) is 4.63. The van der Waals surface area contributed by atoms with E-state index in [0.29, 0.717) is 24.0 Å². The maximum Gasteiger partial charge on any atom is 0.185 e. The minimum Gasteiger partial charge on any atom is -0.383 e. The predicted molar refractivity (Wildman–Crippen MR) is 62.0 cm³/mol. The Morgan fingerprint density at radius 2 is 2.38 bits per heavy atom. The Kier molecular flexibility index (Phi) is 3.22. The summed E-state index contributed by atoms with van der Waals surface area (Å²) >= 11 is 5.87. The highest BCUT2D eigenvalue weighted by molar-refractivity contribution is 6.31. The van der Waals surface area contributed by atoms with Crippen molar-refractivity contribution in [2.45, 2.75) is 6.54 Å². The van der Waals surface area contributed by atoms with Crippen LogP contribution in [0, 0.1) is 0 Å². The fourth-order valence-electron chi connectivity index (χ4n) is 1.63. The number of aromatic nitrogens is 2. The second-order valence-corrected chi connectivity index (χ2v) is 3.80. The number of rotatable bonds is 4. The van der Waals surface area contributed by atoms with Crippen LogP contribution in [0.3, 0.4) is 0 Å². The molecule has 0 fully saturated rings. The second-order valence-electron chi connectivity index (χ2n) is 3.37. The van der Waals surface area contributed by atoms with Crippen molar-refractivity contribution in [2.24, 2.45) is 0 Å². The van der Waals surface area contributed by atoms with Crippen LogP contribution in [-0.4, -0.2) is 29.6 Å². The lowest BCUT2D eigenvalue weighted by Crippen LogP contribution is -2.07. The summed E-state index contributed by atoms with van der Waals surface area (Å²) in [5.74, 6) is 0.398. The highest BCUT2D eigenvalue weighted by Crippen LogP contribution is 2.19. The van der Waals surface area contributed by atoms with Gasteiger partial charge in [-0.15, -0.1) is 0 Å². The van der Waals surface area contributed by atoms with E-state index in [4.69, 9.17) is 16.3 Å². The summed E-state index contributed by atoms with van der Waals surface area (Å²) in [6.45, 7) is 1.14. The van der Waals surface area contributed by atoms with E-state index >= 15 is 0 Å². The Labute approximate surface area is 97.8 Å². The van der Waals surface area contributed by atoms with Crippen molar-refractivity contribution >= 4 is 28.9 Å². The maximum atomic E-state index is 10.9. The van der Waals surface area contributed by atoms with Gasteiger partial charge in [-0.05, 0) is 18.2 Å². The number of carbonyl (C=O) groups excluding carboxylic acids is 1. The van der Waals surface area contributed by atoms with E-state index < -0.39 is 0 Å². The monoisotopic (exact) mass is 238 g/mol. The number of nitrogens with zero attached hydrogens (tertiary/aromatic N) is 2. The van der Waals surface area contributed by atoms with Gasteiger partial charge >= 0.3 is 0 Å². The first-order valence-electron chi connectivity index (χ1n) is 4.86. The largest absolute Gasteiger partial charge is 0.383 e. The lowest BCUT2D eigenvalue weighted by molar-refractivity contribution is 0.110. The van der Waals surface area contributed by atoms with Crippen molar-refractivity contribution in [2.75, 3.05) is 13.7 Å². The Morgan fingerprint density at radius 3 is 3.06 bits per heavy atom. The van der Waals surface area contributed by atoms with E-state index in [1.807, 2.05) is 10.6 Å². The average molecular weight is 239 g/mol. The standard InChI is InChI=1S/C11H11ClN2O2/c1-16-5-4-14-10-3-2-8(12)6-9(10)13-11(14)7-15/h2-3,6-7H,4-5H2,1H3. The summed E-state index contributed by atoms with van der Waals surface area (Å²) in [6, 6.07) is 5.38.